The fraction of sp³-hybridized carbons (Fsp3) is 0.462. The number of amides is 2. The van der Waals surface area contributed by atoms with E-state index < -0.39 is 20.7 Å². The lowest BCUT2D eigenvalue weighted by molar-refractivity contribution is 0.0255. The number of aromatic nitrogens is 3. The van der Waals surface area contributed by atoms with Crippen LogP contribution in [0.1, 0.15) is 51.4 Å². The van der Waals surface area contributed by atoms with Gasteiger partial charge in [-0.25, -0.2) is 23.2 Å². The third kappa shape index (κ3) is 5.76. The van der Waals surface area contributed by atoms with Crippen LogP contribution >= 0.6 is 0 Å². The van der Waals surface area contributed by atoms with Gasteiger partial charge in [-0.05, 0) is 53.2 Å². The summed E-state index contributed by atoms with van der Waals surface area (Å²) in [4.78, 5) is 41.6. The monoisotopic (exact) mass is 527 g/mol. The maximum Gasteiger partial charge on any atom is 0.410 e. The first-order valence-corrected chi connectivity index (χ1v) is 13.9. The topological polar surface area (TPSA) is 126 Å². The maximum atomic E-state index is 13.4. The molecular formula is C26H33N5O5S. The van der Waals surface area contributed by atoms with Crippen molar-refractivity contribution in [2.24, 2.45) is 0 Å². The first-order chi connectivity index (χ1) is 17.4. The Hall–Kier alpha value is -3.47. The highest BCUT2D eigenvalue weighted by Gasteiger charge is 2.28. The number of fused-ring (bicyclic) bond motifs is 1. The van der Waals surface area contributed by atoms with E-state index in [0.29, 0.717) is 60.6 Å². The van der Waals surface area contributed by atoms with E-state index in [0.717, 1.165) is 0 Å². The van der Waals surface area contributed by atoms with Crippen molar-refractivity contribution in [3.63, 3.8) is 0 Å². The third-order valence-electron chi connectivity index (χ3n) is 6.15. The number of nitrogens with zero attached hydrogens (tertiary/aromatic N) is 4. The molecule has 1 aromatic carbocycles. The van der Waals surface area contributed by atoms with Gasteiger partial charge in [0, 0.05) is 37.9 Å². The van der Waals surface area contributed by atoms with Crippen LogP contribution in [0.15, 0.2) is 41.6 Å². The van der Waals surface area contributed by atoms with E-state index in [2.05, 4.69) is 15.0 Å². The van der Waals surface area contributed by atoms with Crippen molar-refractivity contribution in [3.8, 4) is 11.3 Å². The molecule has 11 heteroatoms. The Kier molecular flexibility index (Phi) is 7.27. The first-order valence-electron chi connectivity index (χ1n) is 12.3. The number of hydrogen-bond acceptors (Lipinski definition) is 7. The molecule has 0 saturated carbocycles. The Morgan fingerprint density at radius 1 is 1.03 bits per heavy atom. The van der Waals surface area contributed by atoms with Crippen LogP contribution in [0.5, 0.6) is 0 Å². The molecule has 0 unspecified atom stereocenters. The van der Waals surface area contributed by atoms with E-state index in [1.807, 2.05) is 20.8 Å². The highest BCUT2D eigenvalue weighted by Crippen LogP contribution is 2.25. The Morgan fingerprint density at radius 3 is 2.32 bits per heavy atom. The van der Waals surface area contributed by atoms with E-state index in [9.17, 15) is 18.0 Å². The van der Waals surface area contributed by atoms with Crippen molar-refractivity contribution >= 4 is 33.0 Å². The summed E-state index contributed by atoms with van der Waals surface area (Å²) < 4.78 is 30.3. The first kappa shape index (κ1) is 26.6. The number of carbonyl (C=O) groups excluding carboxylic acids is 2. The summed E-state index contributed by atoms with van der Waals surface area (Å²) in [5.41, 5.74) is 1.96. The van der Waals surface area contributed by atoms with Crippen LogP contribution in [0.25, 0.3) is 22.4 Å². The molecule has 3 aromatic rings. The highest BCUT2D eigenvalue weighted by atomic mass is 32.2. The Labute approximate surface area is 217 Å². The summed E-state index contributed by atoms with van der Waals surface area (Å²) in [5, 5.41) is -0.516. The molecule has 0 atom stereocenters. The van der Waals surface area contributed by atoms with Gasteiger partial charge in [0.1, 0.15) is 11.1 Å². The van der Waals surface area contributed by atoms with Gasteiger partial charge in [-0.3, -0.25) is 4.79 Å². The molecule has 1 aliphatic rings. The van der Waals surface area contributed by atoms with Gasteiger partial charge in [-0.2, -0.15) is 0 Å². The minimum Gasteiger partial charge on any atom is -0.444 e. The summed E-state index contributed by atoms with van der Waals surface area (Å²) >= 11 is 0. The van der Waals surface area contributed by atoms with E-state index in [-0.39, 0.29) is 16.9 Å². The lowest BCUT2D eigenvalue weighted by Gasteiger charge is -2.26. The largest absolute Gasteiger partial charge is 0.444 e. The van der Waals surface area contributed by atoms with Gasteiger partial charge in [0.2, 0.25) is 0 Å². The summed E-state index contributed by atoms with van der Waals surface area (Å²) in [6.45, 7) is 10.5. The molecule has 3 heterocycles. The van der Waals surface area contributed by atoms with Gasteiger partial charge < -0.3 is 19.5 Å². The fourth-order valence-electron chi connectivity index (χ4n) is 4.08. The third-order valence-corrected chi connectivity index (χ3v) is 8.32. The lowest BCUT2D eigenvalue weighted by Crippen LogP contribution is -2.40. The quantitative estimate of drug-likeness (QED) is 0.546. The number of benzene rings is 1. The molecule has 2 aromatic heterocycles. The molecule has 4 rings (SSSR count). The van der Waals surface area contributed by atoms with Crippen LogP contribution in [-0.4, -0.2) is 82.2 Å². The number of sulfone groups is 1. The average Bonchev–Trinajstić information content (AvgIpc) is 3.09. The summed E-state index contributed by atoms with van der Waals surface area (Å²) in [5.74, 6) is -0.192. The number of ether oxygens (including phenoxy) is 1. The van der Waals surface area contributed by atoms with Gasteiger partial charge in [0.25, 0.3) is 5.91 Å². The van der Waals surface area contributed by atoms with Crippen molar-refractivity contribution in [1.82, 2.24) is 24.8 Å². The minimum absolute atomic E-state index is 0.192. The molecule has 1 fully saturated rings. The smallest absolute Gasteiger partial charge is 0.410 e. The number of H-pyrrole nitrogens is 1. The van der Waals surface area contributed by atoms with Gasteiger partial charge in [-0.1, -0.05) is 12.1 Å². The second-order valence-corrected chi connectivity index (χ2v) is 12.9. The molecule has 198 valence electrons. The van der Waals surface area contributed by atoms with Crippen LogP contribution in [0.2, 0.25) is 0 Å². The molecule has 0 aliphatic carbocycles. The van der Waals surface area contributed by atoms with Crippen molar-refractivity contribution in [2.75, 3.05) is 26.2 Å². The zero-order chi connectivity index (χ0) is 27.0. The van der Waals surface area contributed by atoms with Crippen LogP contribution < -0.4 is 0 Å². The van der Waals surface area contributed by atoms with Crippen molar-refractivity contribution in [2.45, 2.75) is 56.8 Å². The minimum atomic E-state index is -3.38. The van der Waals surface area contributed by atoms with E-state index in [4.69, 9.17) is 4.74 Å². The second kappa shape index (κ2) is 10.1. The van der Waals surface area contributed by atoms with Gasteiger partial charge in [-0.15, -0.1) is 0 Å². The molecule has 0 radical (unpaired) electrons. The Balaban J connectivity index is 1.54. The number of rotatable bonds is 4. The number of hydrogen-bond donors (Lipinski definition) is 1. The number of aromatic amines is 1. The molecule has 0 spiro atoms. The Morgan fingerprint density at radius 2 is 1.68 bits per heavy atom. The van der Waals surface area contributed by atoms with Crippen LogP contribution in [0.3, 0.4) is 0 Å². The summed E-state index contributed by atoms with van der Waals surface area (Å²) in [6, 6.07) is 6.51. The van der Waals surface area contributed by atoms with Crippen molar-refractivity contribution < 1.29 is 22.7 Å². The van der Waals surface area contributed by atoms with E-state index in [1.165, 1.54) is 0 Å². The summed E-state index contributed by atoms with van der Waals surface area (Å²) in [6.07, 6.45) is 3.45. The lowest BCUT2D eigenvalue weighted by atomic mass is 10.1. The molecular weight excluding hydrogens is 494 g/mol. The van der Waals surface area contributed by atoms with E-state index in [1.54, 1.807) is 60.3 Å². The molecule has 1 saturated heterocycles. The fourth-order valence-corrected chi connectivity index (χ4v) is 5.14. The molecule has 0 bridgehead atoms. The second-order valence-electron chi connectivity index (χ2n) is 10.4. The predicted molar refractivity (Wildman–Crippen MR) is 140 cm³/mol. The molecule has 10 nitrogen and oxygen atoms in total. The molecule has 1 N–H and O–H groups in total. The van der Waals surface area contributed by atoms with Crippen molar-refractivity contribution in [1.29, 1.82) is 0 Å². The van der Waals surface area contributed by atoms with E-state index >= 15 is 0 Å². The van der Waals surface area contributed by atoms with Crippen molar-refractivity contribution in [3.05, 3.63) is 42.2 Å². The average molecular weight is 528 g/mol. The van der Waals surface area contributed by atoms with Gasteiger partial charge >= 0.3 is 6.09 Å². The van der Waals surface area contributed by atoms with Gasteiger partial charge in [0.05, 0.1) is 27.6 Å². The molecule has 1 aliphatic heterocycles. The molecule has 37 heavy (non-hydrogen) atoms. The van der Waals surface area contributed by atoms with Gasteiger partial charge in [0.15, 0.2) is 15.5 Å². The predicted octanol–water partition coefficient (Wildman–Crippen LogP) is 3.89. The highest BCUT2D eigenvalue weighted by molar-refractivity contribution is 7.92. The number of carbonyl (C=O) groups is 2. The normalized spacial score (nSPS) is 15.2. The SMILES string of the molecule is CC(C)S(=O)(=O)c1ccc(-c2cnc3[nH]cc(C(=O)N4CCCN(C(=O)OC(C)(C)C)CC4)c3n2)cc1. The number of nitrogens with one attached hydrogen (secondary N) is 1. The standard InChI is InChI=1S/C26H33N5O5S/c1-17(2)37(34,35)19-9-7-18(8-10-19)21-16-28-23-22(29-21)20(15-27-23)24(32)30-11-6-12-31(14-13-30)25(33)36-26(3,4)5/h7-10,15-17H,6,11-14H2,1-5H3,(H,27,28). The van der Waals surface area contributed by atoms with Crippen LogP contribution in [0, 0.1) is 0 Å². The Bertz CT molecular complexity index is 1410. The molecule has 2 amide bonds. The summed E-state index contributed by atoms with van der Waals surface area (Å²) in [7, 11) is -3.38. The van der Waals surface area contributed by atoms with Crippen LogP contribution in [0.4, 0.5) is 4.79 Å². The van der Waals surface area contributed by atoms with Crippen LogP contribution in [-0.2, 0) is 14.6 Å². The zero-order valence-corrected chi connectivity index (χ0v) is 22.6. The zero-order valence-electron chi connectivity index (χ0n) is 21.8. The maximum absolute atomic E-state index is 13.4.